The Morgan fingerprint density at radius 1 is 1.11 bits per heavy atom. The summed E-state index contributed by atoms with van der Waals surface area (Å²) in [6, 6.07) is 8.23. The SMILES string of the molecule is CCCCCCNC(=O)C1CCCN(CC(=O)N2CCCc3ccccc32)C1. The number of amides is 2. The van der Waals surface area contributed by atoms with E-state index in [2.05, 4.69) is 29.3 Å². The Balaban J connectivity index is 1.48. The normalized spacial score (nSPS) is 19.9. The van der Waals surface area contributed by atoms with Crippen LogP contribution in [-0.2, 0) is 16.0 Å². The van der Waals surface area contributed by atoms with Gasteiger partial charge >= 0.3 is 0 Å². The molecule has 5 nitrogen and oxygen atoms in total. The smallest absolute Gasteiger partial charge is 0.241 e. The zero-order chi connectivity index (χ0) is 19.8. The average Bonchev–Trinajstić information content (AvgIpc) is 2.73. The van der Waals surface area contributed by atoms with Crippen molar-refractivity contribution < 1.29 is 9.59 Å². The van der Waals surface area contributed by atoms with Crippen LogP contribution in [-0.4, -0.2) is 49.4 Å². The minimum Gasteiger partial charge on any atom is -0.356 e. The van der Waals surface area contributed by atoms with Gasteiger partial charge in [0, 0.05) is 25.3 Å². The van der Waals surface area contributed by atoms with Gasteiger partial charge in [0.25, 0.3) is 0 Å². The molecule has 0 saturated carbocycles. The van der Waals surface area contributed by atoms with E-state index >= 15 is 0 Å². The molecule has 0 aliphatic carbocycles. The first kappa shape index (κ1) is 20.8. The molecule has 1 atom stereocenters. The van der Waals surface area contributed by atoms with Gasteiger partial charge < -0.3 is 10.2 Å². The molecule has 1 saturated heterocycles. The van der Waals surface area contributed by atoms with Crippen molar-refractivity contribution in [2.24, 2.45) is 5.92 Å². The number of aryl methyl sites for hydroxylation is 1. The van der Waals surface area contributed by atoms with E-state index in [4.69, 9.17) is 0 Å². The molecule has 0 spiro atoms. The van der Waals surface area contributed by atoms with Gasteiger partial charge in [-0.15, -0.1) is 0 Å². The minimum absolute atomic E-state index is 0.0152. The fraction of sp³-hybridized carbons (Fsp3) is 0.652. The Morgan fingerprint density at radius 3 is 2.82 bits per heavy atom. The highest BCUT2D eigenvalue weighted by Gasteiger charge is 2.29. The van der Waals surface area contributed by atoms with Gasteiger partial charge in [0.15, 0.2) is 0 Å². The Morgan fingerprint density at radius 2 is 1.96 bits per heavy atom. The molecule has 0 radical (unpaired) electrons. The topological polar surface area (TPSA) is 52.7 Å². The molecule has 0 bridgehead atoms. The highest BCUT2D eigenvalue weighted by molar-refractivity contribution is 5.96. The highest BCUT2D eigenvalue weighted by Crippen LogP contribution is 2.27. The molecule has 5 heteroatoms. The number of hydrogen-bond donors (Lipinski definition) is 1. The van der Waals surface area contributed by atoms with Crippen LogP contribution >= 0.6 is 0 Å². The van der Waals surface area contributed by atoms with Crippen molar-refractivity contribution in [3.05, 3.63) is 29.8 Å². The lowest BCUT2D eigenvalue weighted by Gasteiger charge is -2.35. The van der Waals surface area contributed by atoms with Crippen LogP contribution in [0.2, 0.25) is 0 Å². The van der Waals surface area contributed by atoms with Crippen LogP contribution in [0.5, 0.6) is 0 Å². The monoisotopic (exact) mass is 385 g/mol. The van der Waals surface area contributed by atoms with E-state index in [1.54, 1.807) is 0 Å². The summed E-state index contributed by atoms with van der Waals surface area (Å²) < 4.78 is 0. The molecule has 1 N–H and O–H groups in total. The predicted octanol–water partition coefficient (Wildman–Crippen LogP) is 3.37. The van der Waals surface area contributed by atoms with Crippen LogP contribution in [0.3, 0.4) is 0 Å². The van der Waals surface area contributed by atoms with Crippen molar-refractivity contribution in [1.29, 1.82) is 0 Å². The molecular weight excluding hydrogens is 350 g/mol. The zero-order valence-electron chi connectivity index (χ0n) is 17.3. The molecule has 1 fully saturated rings. The summed E-state index contributed by atoms with van der Waals surface area (Å²) in [5, 5.41) is 3.10. The minimum atomic E-state index is 0.0152. The number of nitrogens with zero attached hydrogens (tertiary/aromatic N) is 2. The summed E-state index contributed by atoms with van der Waals surface area (Å²) in [6.07, 6.45) is 8.66. The summed E-state index contributed by atoms with van der Waals surface area (Å²) >= 11 is 0. The van der Waals surface area contributed by atoms with Crippen LogP contribution < -0.4 is 10.2 Å². The second-order valence-electron chi connectivity index (χ2n) is 8.20. The lowest BCUT2D eigenvalue weighted by Crippen LogP contribution is -2.48. The number of benzene rings is 1. The number of carbonyl (C=O) groups excluding carboxylic acids is 2. The first-order valence-corrected chi connectivity index (χ1v) is 11.1. The van der Waals surface area contributed by atoms with Crippen LogP contribution in [0.4, 0.5) is 5.69 Å². The number of carbonyl (C=O) groups is 2. The van der Waals surface area contributed by atoms with Gasteiger partial charge in [0.2, 0.25) is 11.8 Å². The van der Waals surface area contributed by atoms with E-state index in [1.807, 2.05) is 17.0 Å². The van der Waals surface area contributed by atoms with Crippen LogP contribution in [0.1, 0.15) is 57.4 Å². The second kappa shape index (κ2) is 10.6. The van der Waals surface area contributed by atoms with Gasteiger partial charge in [-0.1, -0.05) is 44.4 Å². The van der Waals surface area contributed by atoms with Crippen molar-refractivity contribution in [3.8, 4) is 0 Å². The fourth-order valence-corrected chi connectivity index (χ4v) is 4.39. The molecule has 2 aliphatic heterocycles. The fourth-order valence-electron chi connectivity index (χ4n) is 4.39. The number of likely N-dealkylation sites (tertiary alicyclic amines) is 1. The maximum atomic E-state index is 13.0. The number of anilines is 1. The van der Waals surface area contributed by atoms with Crippen molar-refractivity contribution in [3.63, 3.8) is 0 Å². The molecule has 2 amide bonds. The molecule has 1 aromatic rings. The lowest BCUT2D eigenvalue weighted by atomic mass is 9.96. The van der Waals surface area contributed by atoms with Gasteiger partial charge in [0.05, 0.1) is 12.5 Å². The number of rotatable bonds is 8. The Hall–Kier alpha value is -1.88. The number of hydrogen-bond acceptors (Lipinski definition) is 3. The molecule has 154 valence electrons. The van der Waals surface area contributed by atoms with Gasteiger partial charge in [-0.05, 0) is 50.3 Å². The molecule has 3 rings (SSSR count). The van der Waals surface area contributed by atoms with Gasteiger partial charge in [-0.2, -0.15) is 0 Å². The van der Waals surface area contributed by atoms with E-state index in [0.29, 0.717) is 13.1 Å². The number of para-hydroxylation sites is 1. The maximum Gasteiger partial charge on any atom is 0.241 e. The Kier molecular flexibility index (Phi) is 7.90. The quantitative estimate of drug-likeness (QED) is 0.698. The van der Waals surface area contributed by atoms with E-state index < -0.39 is 0 Å². The Bertz CT molecular complexity index is 661. The van der Waals surface area contributed by atoms with Gasteiger partial charge in [0.1, 0.15) is 0 Å². The standard InChI is InChI=1S/C23H35N3O2/c1-2-3-4-7-14-24-23(28)20-12-8-15-25(17-20)18-22(27)26-16-9-11-19-10-5-6-13-21(19)26/h5-6,10,13,20H,2-4,7-9,11-12,14-18H2,1H3,(H,24,28). The molecule has 2 aliphatic rings. The molecule has 2 heterocycles. The van der Waals surface area contributed by atoms with E-state index in [1.165, 1.54) is 24.8 Å². The van der Waals surface area contributed by atoms with E-state index in [9.17, 15) is 9.59 Å². The van der Waals surface area contributed by atoms with Gasteiger partial charge in [-0.3, -0.25) is 14.5 Å². The van der Waals surface area contributed by atoms with E-state index in [-0.39, 0.29) is 17.7 Å². The first-order valence-electron chi connectivity index (χ1n) is 11.1. The number of fused-ring (bicyclic) bond motifs is 1. The summed E-state index contributed by atoms with van der Waals surface area (Å²) in [7, 11) is 0. The van der Waals surface area contributed by atoms with Crippen LogP contribution in [0.15, 0.2) is 24.3 Å². The summed E-state index contributed by atoms with van der Waals surface area (Å²) in [5.74, 6) is 0.339. The molecule has 0 aromatic heterocycles. The number of nitrogens with one attached hydrogen (secondary N) is 1. The average molecular weight is 386 g/mol. The van der Waals surface area contributed by atoms with Crippen LogP contribution in [0.25, 0.3) is 0 Å². The number of piperidine rings is 1. The van der Waals surface area contributed by atoms with Crippen molar-refractivity contribution in [2.75, 3.05) is 37.6 Å². The third-order valence-corrected chi connectivity index (χ3v) is 5.98. The lowest BCUT2D eigenvalue weighted by molar-refractivity contribution is -0.128. The van der Waals surface area contributed by atoms with Crippen molar-refractivity contribution in [2.45, 2.75) is 58.3 Å². The maximum absolute atomic E-state index is 13.0. The largest absolute Gasteiger partial charge is 0.356 e. The summed E-state index contributed by atoms with van der Waals surface area (Å²) in [6.45, 7) is 5.78. The second-order valence-corrected chi connectivity index (χ2v) is 8.20. The molecular formula is C23H35N3O2. The number of unbranched alkanes of at least 4 members (excludes halogenated alkanes) is 3. The molecule has 1 unspecified atom stereocenters. The first-order chi connectivity index (χ1) is 13.7. The van der Waals surface area contributed by atoms with Crippen molar-refractivity contribution in [1.82, 2.24) is 10.2 Å². The third kappa shape index (κ3) is 5.57. The summed E-state index contributed by atoms with van der Waals surface area (Å²) in [5.41, 5.74) is 2.33. The molecule has 28 heavy (non-hydrogen) atoms. The van der Waals surface area contributed by atoms with Crippen molar-refractivity contribution >= 4 is 17.5 Å². The predicted molar refractivity (Wildman–Crippen MR) is 113 cm³/mol. The van der Waals surface area contributed by atoms with E-state index in [0.717, 1.165) is 57.4 Å². The molecule has 1 aromatic carbocycles. The van der Waals surface area contributed by atoms with Gasteiger partial charge in [-0.25, -0.2) is 0 Å². The summed E-state index contributed by atoms with van der Waals surface area (Å²) in [4.78, 5) is 29.6. The van der Waals surface area contributed by atoms with Crippen LogP contribution in [0, 0.1) is 5.92 Å². The Labute approximate surface area is 169 Å². The zero-order valence-corrected chi connectivity index (χ0v) is 17.3. The highest BCUT2D eigenvalue weighted by atomic mass is 16.2. The third-order valence-electron chi connectivity index (χ3n) is 5.98.